The highest BCUT2D eigenvalue weighted by atomic mass is 35.5. The van der Waals surface area contributed by atoms with Crippen LogP contribution in [0.15, 0.2) is 48.7 Å². The Morgan fingerprint density at radius 3 is 2.73 bits per heavy atom. The van der Waals surface area contributed by atoms with E-state index in [0.29, 0.717) is 23.4 Å². The summed E-state index contributed by atoms with van der Waals surface area (Å²) in [4.78, 5) is 16.8. The van der Waals surface area contributed by atoms with Gasteiger partial charge < -0.3 is 10.4 Å². The van der Waals surface area contributed by atoms with Gasteiger partial charge >= 0.3 is 0 Å². The molecule has 1 fully saturated rings. The van der Waals surface area contributed by atoms with Gasteiger partial charge in [0.25, 0.3) is 5.91 Å². The van der Waals surface area contributed by atoms with Crippen molar-refractivity contribution >= 4 is 17.5 Å². The number of aliphatic hydroxyl groups is 1. The molecule has 2 N–H and O–H groups in total. The molecule has 1 amide bonds. The third kappa shape index (κ3) is 3.29. The second-order valence-corrected chi connectivity index (χ2v) is 6.04. The lowest BCUT2D eigenvalue weighted by Crippen LogP contribution is -2.41. The average Bonchev–Trinajstić information content (AvgIpc) is 2.50. The number of benzene rings is 1. The van der Waals surface area contributed by atoms with Gasteiger partial charge in [0.15, 0.2) is 0 Å². The van der Waals surface area contributed by atoms with E-state index < -0.39 is 0 Å². The van der Waals surface area contributed by atoms with E-state index in [2.05, 4.69) is 10.3 Å². The predicted octanol–water partition coefficient (Wildman–Crippen LogP) is 2.98. The number of aromatic nitrogens is 1. The lowest BCUT2D eigenvalue weighted by molar-refractivity contribution is 0.0228. The number of nitrogens with zero attached hydrogens (tertiary/aromatic N) is 1. The number of halogens is 1. The second kappa shape index (κ2) is 6.46. The van der Waals surface area contributed by atoms with Crippen molar-refractivity contribution in [3.8, 4) is 0 Å². The summed E-state index contributed by atoms with van der Waals surface area (Å²) in [6.07, 6.45) is 2.79. The SMILES string of the molecule is O=C(N[C@@H](c1ccccn1)C1CC(O)C1)c1cccc(Cl)c1. The van der Waals surface area contributed by atoms with Gasteiger partial charge in [-0.05, 0) is 49.1 Å². The summed E-state index contributed by atoms with van der Waals surface area (Å²) in [5, 5.41) is 13.1. The fraction of sp³-hybridized carbons (Fsp3) is 0.294. The fourth-order valence-corrected chi connectivity index (χ4v) is 2.94. The van der Waals surface area contributed by atoms with Crippen molar-refractivity contribution < 1.29 is 9.90 Å². The smallest absolute Gasteiger partial charge is 0.251 e. The Morgan fingerprint density at radius 1 is 1.27 bits per heavy atom. The Kier molecular flexibility index (Phi) is 4.41. The minimum Gasteiger partial charge on any atom is -0.393 e. The molecule has 1 atom stereocenters. The minimum absolute atomic E-state index is 0.181. The summed E-state index contributed by atoms with van der Waals surface area (Å²) in [5.41, 5.74) is 1.34. The maximum Gasteiger partial charge on any atom is 0.251 e. The third-order valence-corrected chi connectivity index (χ3v) is 4.24. The van der Waals surface area contributed by atoms with Gasteiger partial charge in [-0.3, -0.25) is 9.78 Å². The van der Waals surface area contributed by atoms with Crippen LogP contribution in [0.1, 0.15) is 34.9 Å². The molecule has 22 heavy (non-hydrogen) atoms. The molecule has 0 unspecified atom stereocenters. The first kappa shape index (κ1) is 15.0. The Balaban J connectivity index is 1.79. The van der Waals surface area contributed by atoms with Crippen LogP contribution in [0.25, 0.3) is 0 Å². The number of hydrogen-bond acceptors (Lipinski definition) is 3. The zero-order chi connectivity index (χ0) is 15.5. The first-order chi connectivity index (χ1) is 10.6. The van der Waals surface area contributed by atoms with Gasteiger partial charge in [0.1, 0.15) is 0 Å². The summed E-state index contributed by atoms with van der Waals surface area (Å²) >= 11 is 5.94. The van der Waals surface area contributed by atoms with Crippen molar-refractivity contribution in [2.75, 3.05) is 0 Å². The molecule has 0 spiro atoms. The molecule has 114 valence electrons. The van der Waals surface area contributed by atoms with E-state index in [4.69, 9.17) is 11.6 Å². The largest absolute Gasteiger partial charge is 0.393 e. The molecule has 1 aliphatic carbocycles. The number of pyridine rings is 1. The maximum absolute atomic E-state index is 12.4. The van der Waals surface area contributed by atoms with Crippen LogP contribution >= 0.6 is 11.6 Å². The molecule has 5 heteroatoms. The number of hydrogen-bond donors (Lipinski definition) is 2. The standard InChI is InChI=1S/C17H17ClN2O2/c18-13-5-3-4-11(8-13)17(22)20-16(12-9-14(21)10-12)15-6-1-2-7-19-15/h1-8,12,14,16,21H,9-10H2,(H,20,22)/t12?,14?,16-/m1/s1. The van der Waals surface area contributed by atoms with E-state index >= 15 is 0 Å². The molecule has 0 aliphatic heterocycles. The highest BCUT2D eigenvalue weighted by Gasteiger charge is 2.36. The number of nitrogens with one attached hydrogen (secondary N) is 1. The Bertz CT molecular complexity index is 657. The molecule has 1 saturated carbocycles. The van der Waals surface area contributed by atoms with Crippen LogP contribution in [0.4, 0.5) is 0 Å². The number of aliphatic hydroxyl groups excluding tert-OH is 1. The quantitative estimate of drug-likeness (QED) is 0.911. The minimum atomic E-state index is -0.278. The zero-order valence-corrected chi connectivity index (χ0v) is 12.7. The molecule has 0 saturated heterocycles. The van der Waals surface area contributed by atoms with Gasteiger partial charge in [-0.2, -0.15) is 0 Å². The second-order valence-electron chi connectivity index (χ2n) is 5.60. The van der Waals surface area contributed by atoms with Gasteiger partial charge in [-0.1, -0.05) is 23.7 Å². The van der Waals surface area contributed by atoms with Crippen LogP contribution in [0.3, 0.4) is 0 Å². The van der Waals surface area contributed by atoms with Crippen molar-refractivity contribution in [1.82, 2.24) is 10.3 Å². The van der Waals surface area contributed by atoms with Gasteiger partial charge in [0.2, 0.25) is 0 Å². The van der Waals surface area contributed by atoms with Crippen LogP contribution in [-0.4, -0.2) is 22.1 Å². The molecule has 1 aliphatic rings. The number of carbonyl (C=O) groups is 1. The van der Waals surface area contributed by atoms with Gasteiger partial charge in [-0.25, -0.2) is 0 Å². The van der Waals surface area contributed by atoms with Crippen molar-refractivity contribution in [3.63, 3.8) is 0 Å². The van der Waals surface area contributed by atoms with Crippen molar-refractivity contribution in [3.05, 3.63) is 64.9 Å². The molecule has 2 aromatic rings. The van der Waals surface area contributed by atoms with Crippen LogP contribution in [0.2, 0.25) is 5.02 Å². The van der Waals surface area contributed by atoms with E-state index in [9.17, 15) is 9.90 Å². The molecule has 1 aromatic heterocycles. The van der Waals surface area contributed by atoms with Gasteiger partial charge in [-0.15, -0.1) is 0 Å². The average molecular weight is 317 g/mol. The van der Waals surface area contributed by atoms with Gasteiger partial charge in [0, 0.05) is 16.8 Å². The zero-order valence-electron chi connectivity index (χ0n) is 11.9. The van der Waals surface area contributed by atoms with E-state index in [1.54, 1.807) is 30.5 Å². The number of rotatable bonds is 4. The predicted molar refractivity (Wildman–Crippen MR) is 84.6 cm³/mol. The van der Waals surface area contributed by atoms with E-state index in [1.165, 1.54) is 0 Å². The topological polar surface area (TPSA) is 62.2 Å². The fourth-order valence-electron chi connectivity index (χ4n) is 2.75. The monoisotopic (exact) mass is 316 g/mol. The highest BCUT2D eigenvalue weighted by Crippen LogP contribution is 2.37. The molecule has 3 rings (SSSR count). The lowest BCUT2D eigenvalue weighted by Gasteiger charge is -2.37. The van der Waals surface area contributed by atoms with E-state index in [-0.39, 0.29) is 24.0 Å². The van der Waals surface area contributed by atoms with Gasteiger partial charge in [0.05, 0.1) is 17.8 Å². The molecule has 1 aromatic carbocycles. The molecule has 4 nitrogen and oxygen atoms in total. The van der Waals surface area contributed by atoms with Crippen LogP contribution in [0.5, 0.6) is 0 Å². The normalized spacial score (nSPS) is 21.7. The molecular formula is C17H17ClN2O2. The first-order valence-electron chi connectivity index (χ1n) is 7.29. The van der Waals surface area contributed by atoms with E-state index in [0.717, 1.165) is 5.69 Å². The van der Waals surface area contributed by atoms with Crippen molar-refractivity contribution in [2.24, 2.45) is 5.92 Å². The molecule has 0 radical (unpaired) electrons. The summed E-state index contributed by atoms with van der Waals surface area (Å²) in [5.74, 6) is 0.0209. The first-order valence-corrected chi connectivity index (χ1v) is 7.66. The summed E-state index contributed by atoms with van der Waals surface area (Å²) in [6, 6.07) is 12.3. The summed E-state index contributed by atoms with van der Waals surface area (Å²) in [7, 11) is 0. The van der Waals surface area contributed by atoms with Crippen molar-refractivity contribution in [2.45, 2.75) is 25.0 Å². The molecular weight excluding hydrogens is 300 g/mol. The Labute approximate surface area is 134 Å². The van der Waals surface area contributed by atoms with Crippen LogP contribution in [0, 0.1) is 5.92 Å². The summed E-state index contributed by atoms with van der Waals surface area (Å²) < 4.78 is 0. The molecule has 1 heterocycles. The summed E-state index contributed by atoms with van der Waals surface area (Å²) in [6.45, 7) is 0. The Hall–Kier alpha value is -1.91. The Morgan fingerprint density at radius 2 is 2.09 bits per heavy atom. The number of amides is 1. The maximum atomic E-state index is 12.4. The lowest BCUT2D eigenvalue weighted by atomic mass is 9.76. The number of carbonyl (C=O) groups excluding carboxylic acids is 1. The third-order valence-electron chi connectivity index (χ3n) is 4.00. The van der Waals surface area contributed by atoms with Crippen LogP contribution in [-0.2, 0) is 0 Å². The highest BCUT2D eigenvalue weighted by molar-refractivity contribution is 6.30. The van der Waals surface area contributed by atoms with Crippen molar-refractivity contribution in [1.29, 1.82) is 0 Å². The van der Waals surface area contributed by atoms with Crippen LogP contribution < -0.4 is 5.32 Å². The molecule has 0 bridgehead atoms. The van der Waals surface area contributed by atoms with E-state index in [1.807, 2.05) is 18.2 Å².